The molecule has 0 aromatic heterocycles. The molecular weight excluding hydrogens is 350 g/mol. The number of hydrogen-bond donors (Lipinski definition) is 2. The topological polar surface area (TPSA) is 78.5 Å². The summed E-state index contributed by atoms with van der Waals surface area (Å²) in [6.07, 6.45) is 1.73. The number of nitrogens with one attached hydrogen (secondary N) is 2. The number of carbonyl (C=O) groups excluding carboxylic acids is 1. The molecular formula is C19H21N3O3S. The standard InChI is InChI=1S/C19H21N3O3S/c1-15(16-8-3-2-4-9-16)20-21-19(23)17-10-7-11-18(14-17)26(24,25)22-12-5-6-13-22/h2-4,7-11,14,20H,1,5-6,12-13H2,(H,21,23). The maximum Gasteiger partial charge on any atom is 0.269 e. The molecule has 7 heteroatoms. The molecule has 0 saturated carbocycles. The number of rotatable bonds is 6. The Morgan fingerprint density at radius 3 is 2.27 bits per heavy atom. The first-order valence-corrected chi connectivity index (χ1v) is 9.83. The maximum absolute atomic E-state index is 12.6. The molecule has 26 heavy (non-hydrogen) atoms. The number of sulfonamides is 1. The minimum atomic E-state index is -3.55. The maximum atomic E-state index is 12.6. The number of hydrogen-bond acceptors (Lipinski definition) is 4. The molecule has 0 unspecified atom stereocenters. The number of benzene rings is 2. The SMILES string of the molecule is C=C(NNC(=O)c1cccc(S(=O)(=O)N2CCCC2)c1)c1ccccc1. The summed E-state index contributed by atoms with van der Waals surface area (Å²) in [7, 11) is -3.55. The van der Waals surface area contributed by atoms with E-state index in [0.717, 1.165) is 18.4 Å². The van der Waals surface area contributed by atoms with Gasteiger partial charge in [-0.2, -0.15) is 4.31 Å². The van der Waals surface area contributed by atoms with Crippen LogP contribution in [0.25, 0.3) is 5.70 Å². The van der Waals surface area contributed by atoms with Crippen molar-refractivity contribution in [2.24, 2.45) is 0 Å². The molecule has 1 aliphatic rings. The monoisotopic (exact) mass is 371 g/mol. The lowest BCUT2D eigenvalue weighted by atomic mass is 10.2. The molecule has 2 aromatic rings. The second-order valence-electron chi connectivity index (χ2n) is 6.06. The Morgan fingerprint density at radius 2 is 1.58 bits per heavy atom. The fourth-order valence-corrected chi connectivity index (χ4v) is 4.35. The average molecular weight is 371 g/mol. The van der Waals surface area contributed by atoms with Gasteiger partial charge in [0.2, 0.25) is 10.0 Å². The van der Waals surface area contributed by atoms with E-state index in [4.69, 9.17) is 0 Å². The normalized spacial score (nSPS) is 14.8. The molecule has 0 bridgehead atoms. The Morgan fingerprint density at radius 1 is 0.923 bits per heavy atom. The number of nitrogens with zero attached hydrogens (tertiary/aromatic N) is 1. The first-order valence-electron chi connectivity index (χ1n) is 8.39. The van der Waals surface area contributed by atoms with Crippen LogP contribution >= 0.6 is 0 Å². The van der Waals surface area contributed by atoms with Gasteiger partial charge in [0.25, 0.3) is 5.91 Å². The van der Waals surface area contributed by atoms with Gasteiger partial charge in [0.1, 0.15) is 0 Å². The van der Waals surface area contributed by atoms with Gasteiger partial charge in [0, 0.05) is 18.7 Å². The lowest BCUT2D eigenvalue weighted by molar-refractivity contribution is 0.0942. The van der Waals surface area contributed by atoms with E-state index in [-0.39, 0.29) is 10.5 Å². The lowest BCUT2D eigenvalue weighted by Crippen LogP contribution is -2.36. The van der Waals surface area contributed by atoms with Crippen LogP contribution in [0, 0.1) is 0 Å². The molecule has 6 nitrogen and oxygen atoms in total. The molecule has 3 rings (SSSR count). The second kappa shape index (κ2) is 7.72. The summed E-state index contributed by atoms with van der Waals surface area (Å²) >= 11 is 0. The van der Waals surface area contributed by atoms with Gasteiger partial charge in [0.15, 0.2) is 0 Å². The zero-order valence-corrected chi connectivity index (χ0v) is 15.1. The molecule has 1 fully saturated rings. The average Bonchev–Trinajstić information content (AvgIpc) is 3.22. The van der Waals surface area contributed by atoms with Crippen LogP contribution in [-0.4, -0.2) is 31.7 Å². The van der Waals surface area contributed by atoms with E-state index in [1.54, 1.807) is 12.1 Å². The van der Waals surface area contributed by atoms with E-state index in [2.05, 4.69) is 17.4 Å². The fraction of sp³-hybridized carbons (Fsp3) is 0.211. The summed E-state index contributed by atoms with van der Waals surface area (Å²) < 4.78 is 26.7. The van der Waals surface area contributed by atoms with E-state index in [9.17, 15) is 13.2 Å². The van der Waals surface area contributed by atoms with Gasteiger partial charge in [-0.15, -0.1) is 0 Å². The Labute approximate surface area is 153 Å². The van der Waals surface area contributed by atoms with Crippen molar-refractivity contribution in [3.8, 4) is 0 Å². The van der Waals surface area contributed by atoms with E-state index < -0.39 is 15.9 Å². The molecule has 136 valence electrons. The third-order valence-electron chi connectivity index (χ3n) is 4.25. The van der Waals surface area contributed by atoms with Gasteiger partial charge in [0.05, 0.1) is 10.6 Å². The van der Waals surface area contributed by atoms with Crippen molar-refractivity contribution in [2.45, 2.75) is 17.7 Å². The highest BCUT2D eigenvalue weighted by atomic mass is 32.2. The highest BCUT2D eigenvalue weighted by Crippen LogP contribution is 2.21. The van der Waals surface area contributed by atoms with Crippen LogP contribution in [0.1, 0.15) is 28.8 Å². The van der Waals surface area contributed by atoms with E-state index >= 15 is 0 Å². The van der Waals surface area contributed by atoms with Crippen molar-refractivity contribution in [1.82, 2.24) is 15.2 Å². The molecule has 1 amide bonds. The lowest BCUT2D eigenvalue weighted by Gasteiger charge is -2.16. The Balaban J connectivity index is 1.69. The van der Waals surface area contributed by atoms with Crippen molar-refractivity contribution < 1.29 is 13.2 Å². The summed E-state index contributed by atoms with van der Waals surface area (Å²) in [5.41, 5.74) is 6.95. The van der Waals surface area contributed by atoms with Gasteiger partial charge < -0.3 is 0 Å². The Hall–Kier alpha value is -2.64. The Kier molecular flexibility index (Phi) is 5.39. The quantitative estimate of drug-likeness (QED) is 0.764. The van der Waals surface area contributed by atoms with Crippen molar-refractivity contribution in [2.75, 3.05) is 13.1 Å². The van der Waals surface area contributed by atoms with Crippen LogP contribution in [0.15, 0.2) is 66.1 Å². The smallest absolute Gasteiger partial charge is 0.269 e. The van der Waals surface area contributed by atoms with Gasteiger partial charge in [-0.1, -0.05) is 43.0 Å². The fourth-order valence-electron chi connectivity index (χ4n) is 2.79. The van der Waals surface area contributed by atoms with Crippen LogP contribution in [0.2, 0.25) is 0 Å². The first-order chi connectivity index (χ1) is 12.5. The van der Waals surface area contributed by atoms with E-state index in [1.807, 2.05) is 30.3 Å². The summed E-state index contributed by atoms with van der Waals surface area (Å²) in [6.45, 7) is 4.92. The minimum absolute atomic E-state index is 0.133. The molecule has 1 saturated heterocycles. The largest absolute Gasteiger partial charge is 0.298 e. The molecule has 0 radical (unpaired) electrons. The van der Waals surface area contributed by atoms with Crippen molar-refractivity contribution in [3.05, 3.63) is 72.3 Å². The predicted octanol–water partition coefficient (Wildman–Crippen LogP) is 2.38. The summed E-state index contributed by atoms with van der Waals surface area (Å²) in [5.74, 6) is -0.430. The van der Waals surface area contributed by atoms with Crippen LogP contribution in [0.3, 0.4) is 0 Å². The summed E-state index contributed by atoms with van der Waals surface area (Å²) in [4.78, 5) is 12.5. The Bertz CT molecular complexity index is 905. The molecule has 2 aromatic carbocycles. The third-order valence-corrected chi connectivity index (χ3v) is 6.14. The predicted molar refractivity (Wildman–Crippen MR) is 101 cm³/mol. The third kappa shape index (κ3) is 3.95. The summed E-state index contributed by atoms with van der Waals surface area (Å²) in [6, 6.07) is 15.4. The van der Waals surface area contributed by atoms with E-state index in [1.165, 1.54) is 16.4 Å². The molecule has 0 spiro atoms. The molecule has 0 aliphatic carbocycles. The zero-order chi connectivity index (χ0) is 18.6. The number of amides is 1. The van der Waals surface area contributed by atoms with Gasteiger partial charge in [-0.05, 0) is 36.6 Å². The first kappa shape index (κ1) is 18.2. The van der Waals surface area contributed by atoms with Crippen LogP contribution in [0.5, 0.6) is 0 Å². The molecule has 2 N–H and O–H groups in total. The molecule has 1 heterocycles. The zero-order valence-electron chi connectivity index (χ0n) is 14.3. The van der Waals surface area contributed by atoms with Gasteiger partial charge in [-0.3, -0.25) is 15.6 Å². The highest BCUT2D eigenvalue weighted by molar-refractivity contribution is 7.89. The second-order valence-corrected chi connectivity index (χ2v) is 8.00. The molecule has 1 aliphatic heterocycles. The van der Waals surface area contributed by atoms with Crippen molar-refractivity contribution in [1.29, 1.82) is 0 Å². The van der Waals surface area contributed by atoms with Gasteiger partial charge >= 0.3 is 0 Å². The van der Waals surface area contributed by atoms with Crippen molar-refractivity contribution in [3.63, 3.8) is 0 Å². The molecule has 0 atom stereocenters. The minimum Gasteiger partial charge on any atom is -0.298 e. The van der Waals surface area contributed by atoms with E-state index in [0.29, 0.717) is 18.8 Å². The number of hydrazine groups is 1. The number of carbonyl (C=O) groups is 1. The summed E-state index contributed by atoms with van der Waals surface area (Å²) in [5, 5.41) is 0. The van der Waals surface area contributed by atoms with Crippen LogP contribution in [0.4, 0.5) is 0 Å². The van der Waals surface area contributed by atoms with Crippen LogP contribution < -0.4 is 10.9 Å². The highest BCUT2D eigenvalue weighted by Gasteiger charge is 2.27. The van der Waals surface area contributed by atoms with Crippen LogP contribution in [-0.2, 0) is 10.0 Å². The van der Waals surface area contributed by atoms with Crippen molar-refractivity contribution >= 4 is 21.6 Å². The van der Waals surface area contributed by atoms with Gasteiger partial charge in [-0.25, -0.2) is 8.42 Å².